The Balaban J connectivity index is 4.09. The number of cyclic esters (lactones) is 1. The zero-order valence-electron chi connectivity index (χ0n) is 49.6. The number of carbonyl (C=O) groups excluding carboxylic acids is 11. The summed E-state index contributed by atoms with van der Waals surface area (Å²) in [6, 6.07) is -15.4. The molecular weight excluding hydrogens is 1150 g/mol. The van der Waals surface area contributed by atoms with Crippen LogP contribution in [-0.4, -0.2) is 208 Å². The fourth-order valence-electron chi connectivity index (χ4n) is 8.57. The molecule has 32 heteroatoms. The number of carboxylic acids is 1. The molecule has 0 unspecified atom stereocenters. The number of rotatable bonds is 30. The van der Waals surface area contributed by atoms with Crippen molar-refractivity contribution in [3.63, 3.8) is 0 Å². The molecule has 1 aliphatic rings. The van der Waals surface area contributed by atoms with Crippen LogP contribution in [0.4, 0.5) is 0 Å². The van der Waals surface area contributed by atoms with Gasteiger partial charge in [0, 0.05) is 6.54 Å². The smallest absolute Gasteiger partial charge is 0.335 e. The van der Waals surface area contributed by atoms with Gasteiger partial charge in [-0.3, -0.25) is 47.9 Å². The predicted octanol–water partition coefficient (Wildman–Crippen LogP) is -4.72. The third kappa shape index (κ3) is 29.2. The lowest BCUT2D eigenvalue weighted by Gasteiger charge is -2.29. The third-order valence-corrected chi connectivity index (χ3v) is 13.9. The van der Waals surface area contributed by atoms with Crippen LogP contribution in [0, 0.1) is 0 Å². The maximum atomic E-state index is 14.3. The summed E-state index contributed by atoms with van der Waals surface area (Å²) in [5.41, 5.74) is 16.6. The first-order valence-corrected chi connectivity index (χ1v) is 29.8. The molecule has 490 valence electrons. The van der Waals surface area contributed by atoms with Crippen LogP contribution < -0.4 is 70.4 Å². The molecule has 1 saturated heterocycles. The maximum absolute atomic E-state index is 14.3. The Morgan fingerprint density at radius 1 is 0.616 bits per heavy atom. The second-order valence-corrected chi connectivity index (χ2v) is 21.1. The van der Waals surface area contributed by atoms with Gasteiger partial charge in [0.15, 0.2) is 12.1 Å². The van der Waals surface area contributed by atoms with Gasteiger partial charge in [-0.1, -0.05) is 77.7 Å². The summed E-state index contributed by atoms with van der Waals surface area (Å²) in [4.78, 5) is 165. The summed E-state index contributed by atoms with van der Waals surface area (Å²) < 4.78 is 5.33. The van der Waals surface area contributed by atoms with Gasteiger partial charge in [-0.05, 0) is 78.4 Å². The Morgan fingerprint density at radius 3 is 1.66 bits per heavy atom. The minimum absolute atomic E-state index is 0.140. The van der Waals surface area contributed by atoms with Crippen molar-refractivity contribution in [2.24, 2.45) is 17.2 Å². The maximum Gasteiger partial charge on any atom is 0.335 e. The number of amides is 10. The molecule has 0 radical (unpaired) electrons. The van der Waals surface area contributed by atoms with E-state index in [1.54, 1.807) is 6.92 Å². The SMILES string of the molecule is C/C=C1\NC(=O)[C@H]([C@H](C)O)NC(=O)[C@H](CCN)NC(=O)[C@H](CCCCN)NC(=O)[C@H](CC(=O)NCCC)NC(=O)[C@@H](CCN)NC(=O)[C@@H](NC(=O)C[C@H](O)CCCCCCCCCCC)COC(=O)[C@H]([C@H](O)CCl)NC(=O)[C@H]([C@H](O)C(=O)O)NC1=O. The van der Waals surface area contributed by atoms with Crippen molar-refractivity contribution in [2.45, 2.75) is 216 Å². The van der Waals surface area contributed by atoms with Crippen molar-refractivity contribution in [1.29, 1.82) is 0 Å². The molecule has 0 saturated carbocycles. The monoisotopic (exact) mass is 1250 g/mol. The summed E-state index contributed by atoms with van der Waals surface area (Å²) >= 11 is 5.89. The molecule has 0 aromatic heterocycles. The number of nitrogens with one attached hydrogen (secondary N) is 10. The number of ether oxygens (including phenoxy) is 1. The molecule has 21 N–H and O–H groups in total. The van der Waals surface area contributed by atoms with Gasteiger partial charge in [0.25, 0.3) is 5.91 Å². The lowest BCUT2D eigenvalue weighted by molar-refractivity contribution is -0.155. The van der Waals surface area contributed by atoms with E-state index in [-0.39, 0.29) is 58.3 Å². The van der Waals surface area contributed by atoms with E-state index in [4.69, 9.17) is 33.5 Å². The summed E-state index contributed by atoms with van der Waals surface area (Å²) in [6.45, 7) is 4.66. The van der Waals surface area contributed by atoms with E-state index in [0.717, 1.165) is 64.4 Å². The fourth-order valence-corrected chi connectivity index (χ4v) is 8.75. The largest absolute Gasteiger partial charge is 0.479 e. The Hall–Kier alpha value is -6.61. The highest BCUT2D eigenvalue weighted by Crippen LogP contribution is 2.14. The number of hydrogen-bond acceptors (Lipinski definition) is 20. The summed E-state index contributed by atoms with van der Waals surface area (Å²) in [7, 11) is 0. The fraction of sp³-hybridized carbons (Fsp3) is 0.741. The second-order valence-electron chi connectivity index (χ2n) is 20.8. The number of unbranched alkanes of at least 4 members (excludes halogenated alkanes) is 9. The van der Waals surface area contributed by atoms with E-state index < -0.39 is 175 Å². The molecule has 0 aromatic carbocycles. The zero-order chi connectivity index (χ0) is 64.9. The van der Waals surface area contributed by atoms with Crippen molar-refractivity contribution < 1.29 is 87.8 Å². The molecule has 12 atom stereocenters. The molecule has 0 aliphatic carbocycles. The van der Waals surface area contributed by atoms with E-state index in [2.05, 4.69) is 49.5 Å². The molecule has 0 aromatic rings. The van der Waals surface area contributed by atoms with Gasteiger partial charge in [0.2, 0.25) is 53.2 Å². The summed E-state index contributed by atoms with van der Waals surface area (Å²) in [5.74, 6) is -16.4. The lowest BCUT2D eigenvalue weighted by atomic mass is 10.0. The average Bonchev–Trinajstić information content (AvgIpc) is 3.01. The first kappa shape index (κ1) is 77.4. The van der Waals surface area contributed by atoms with Crippen LogP contribution in [0.2, 0.25) is 0 Å². The molecular formula is C54H94ClN13O18. The lowest BCUT2D eigenvalue weighted by Crippen LogP contribution is -2.62. The minimum atomic E-state index is -2.82. The highest BCUT2D eigenvalue weighted by molar-refractivity contribution is 6.18. The van der Waals surface area contributed by atoms with E-state index in [0.29, 0.717) is 19.3 Å². The molecule has 0 spiro atoms. The number of aliphatic carboxylic acids is 1. The van der Waals surface area contributed by atoms with Gasteiger partial charge in [0.05, 0.1) is 37.0 Å². The van der Waals surface area contributed by atoms with Crippen LogP contribution in [0.25, 0.3) is 0 Å². The van der Waals surface area contributed by atoms with E-state index in [1.807, 2.05) is 10.6 Å². The van der Waals surface area contributed by atoms with Crippen LogP contribution in [0.1, 0.15) is 143 Å². The quantitative estimate of drug-likeness (QED) is 0.0139. The van der Waals surface area contributed by atoms with E-state index in [9.17, 15) is 83.1 Å². The van der Waals surface area contributed by atoms with Crippen LogP contribution in [0.5, 0.6) is 0 Å². The highest BCUT2D eigenvalue weighted by atomic mass is 35.5. The Kier molecular flexibility index (Phi) is 38.8. The Morgan fingerprint density at radius 2 is 1.14 bits per heavy atom. The Bertz CT molecular complexity index is 2250. The number of hydrogen-bond donors (Lipinski definition) is 18. The van der Waals surface area contributed by atoms with Crippen molar-refractivity contribution in [1.82, 2.24) is 53.2 Å². The number of aliphatic hydroxyl groups excluding tert-OH is 4. The minimum Gasteiger partial charge on any atom is -0.479 e. The van der Waals surface area contributed by atoms with E-state index in [1.165, 1.54) is 6.92 Å². The van der Waals surface area contributed by atoms with Crippen molar-refractivity contribution in [3.05, 3.63) is 11.8 Å². The van der Waals surface area contributed by atoms with Crippen molar-refractivity contribution >= 4 is 82.6 Å². The van der Waals surface area contributed by atoms with Crippen molar-refractivity contribution in [2.75, 3.05) is 38.7 Å². The van der Waals surface area contributed by atoms with Crippen LogP contribution in [0.15, 0.2) is 11.8 Å². The summed E-state index contributed by atoms with van der Waals surface area (Å²) in [6.07, 6.45) is 0.848. The van der Waals surface area contributed by atoms with Gasteiger partial charge in [-0.25, -0.2) is 9.59 Å². The molecule has 1 heterocycles. The normalized spacial score (nSPS) is 24.0. The van der Waals surface area contributed by atoms with Gasteiger partial charge >= 0.3 is 11.9 Å². The van der Waals surface area contributed by atoms with Gasteiger partial charge in [-0.15, -0.1) is 11.6 Å². The second kappa shape index (κ2) is 43.1. The number of halogens is 1. The van der Waals surface area contributed by atoms with E-state index >= 15 is 0 Å². The Labute approximate surface area is 505 Å². The molecule has 0 bridgehead atoms. The standard InChI is InChI=1S/C54H94ClN13O18/c1-5-8-9-10-11-12-13-14-15-18-31(70)26-40(73)60-37-29-86-54(85)42(38(71)28-55)67-52(82)43(44(74)53(83)84)68-45(75)32(7-3)61-51(81)41(30(4)69)66-48(78)35(21-24-58)63-46(76)33(19-16-17-22-56)62-49(79)36(27-39(72)59-25-6-2)65-47(77)34(20-23-57)64-50(37)80/h7,30-31,33-38,41-44,69-71,74H,5-6,8-29,56-58H2,1-4H3,(H,59,72)(H,60,73)(H,61,81)(H,62,79)(H,63,76)(H,64,80)(H,65,77)(H,66,78)(H,67,82)(H,68,75)(H,83,84)/b32-7-/t30-,31+,33-,34+,35-,36-,37-,38+,41-,42-,43-,44-/m0/s1. The van der Waals surface area contributed by atoms with Crippen LogP contribution in [0.3, 0.4) is 0 Å². The number of nitrogens with two attached hydrogens (primary N) is 3. The average molecular weight is 1250 g/mol. The molecule has 1 fully saturated rings. The number of aliphatic hydroxyl groups is 4. The third-order valence-electron chi connectivity index (χ3n) is 13.5. The topological polar surface area (TPSA) is 514 Å². The number of carboxylic acid groups (broad SMARTS) is 1. The molecule has 86 heavy (non-hydrogen) atoms. The first-order valence-electron chi connectivity index (χ1n) is 29.3. The molecule has 1 rings (SSSR count). The molecule has 10 amide bonds. The number of alkyl halides is 1. The predicted molar refractivity (Wildman–Crippen MR) is 311 cm³/mol. The van der Waals surface area contributed by atoms with Gasteiger partial charge in [0.1, 0.15) is 54.6 Å². The number of esters is 1. The van der Waals surface area contributed by atoms with Gasteiger partial charge in [-0.2, -0.15) is 0 Å². The zero-order valence-corrected chi connectivity index (χ0v) is 50.4. The number of allylic oxidation sites excluding steroid dienone is 1. The van der Waals surface area contributed by atoms with Crippen LogP contribution >= 0.6 is 11.6 Å². The first-order chi connectivity index (χ1) is 40.8. The summed E-state index contributed by atoms with van der Waals surface area (Å²) in [5, 5.41) is 75.7. The van der Waals surface area contributed by atoms with Crippen LogP contribution in [-0.2, 0) is 62.3 Å². The molecule has 31 nitrogen and oxygen atoms in total. The van der Waals surface area contributed by atoms with Gasteiger partial charge < -0.3 is 101 Å². The van der Waals surface area contributed by atoms with Crippen molar-refractivity contribution in [3.8, 4) is 0 Å². The number of carbonyl (C=O) groups is 12. The molecule has 1 aliphatic heterocycles. The highest BCUT2D eigenvalue weighted by Gasteiger charge is 2.41.